The van der Waals surface area contributed by atoms with Crippen molar-refractivity contribution in [2.24, 2.45) is 5.92 Å². The second-order valence-electron chi connectivity index (χ2n) is 7.91. The Morgan fingerprint density at radius 3 is 2.89 bits per heavy atom. The Balaban J connectivity index is 1.59. The summed E-state index contributed by atoms with van der Waals surface area (Å²) >= 11 is 0. The Labute approximate surface area is 167 Å². The Morgan fingerprint density at radius 2 is 2.18 bits per heavy atom. The van der Waals surface area contributed by atoms with Crippen molar-refractivity contribution in [1.29, 1.82) is 0 Å². The molecule has 28 heavy (non-hydrogen) atoms. The normalized spacial score (nSPS) is 22.0. The number of ketones is 1. The van der Waals surface area contributed by atoms with E-state index in [1.807, 2.05) is 0 Å². The maximum atomic E-state index is 12.7. The second-order valence-corrected chi connectivity index (χ2v) is 7.91. The van der Waals surface area contributed by atoms with Gasteiger partial charge in [0.1, 0.15) is 17.1 Å². The maximum absolute atomic E-state index is 12.7. The van der Waals surface area contributed by atoms with Crippen LogP contribution in [0, 0.1) is 5.92 Å². The fraction of sp³-hybridized carbons (Fsp3) is 0.636. The lowest BCUT2D eigenvalue weighted by molar-refractivity contribution is 0.0411. The van der Waals surface area contributed by atoms with Crippen LogP contribution in [0.15, 0.2) is 18.2 Å². The summed E-state index contributed by atoms with van der Waals surface area (Å²) in [6.07, 6.45) is 5.00. The van der Waals surface area contributed by atoms with Crippen LogP contribution in [0.5, 0.6) is 11.5 Å². The Morgan fingerprint density at radius 1 is 1.36 bits per heavy atom. The van der Waals surface area contributed by atoms with Crippen molar-refractivity contribution in [3.8, 4) is 11.5 Å². The average Bonchev–Trinajstić information content (AvgIpc) is 3.10. The third-order valence-electron chi connectivity index (χ3n) is 5.86. The van der Waals surface area contributed by atoms with Crippen LogP contribution in [0.2, 0.25) is 0 Å². The molecule has 6 heteroatoms. The minimum atomic E-state index is -0.649. The zero-order valence-corrected chi connectivity index (χ0v) is 17.2. The zero-order valence-electron chi connectivity index (χ0n) is 17.2. The van der Waals surface area contributed by atoms with Crippen LogP contribution in [-0.4, -0.2) is 49.2 Å². The molecular weight excluding hydrogens is 358 g/mol. The van der Waals surface area contributed by atoms with Gasteiger partial charge in [-0.15, -0.1) is 0 Å². The van der Waals surface area contributed by atoms with Crippen molar-refractivity contribution < 1.29 is 23.8 Å². The second kappa shape index (κ2) is 8.84. The van der Waals surface area contributed by atoms with Crippen molar-refractivity contribution in [2.45, 2.75) is 58.0 Å². The van der Waals surface area contributed by atoms with Crippen LogP contribution >= 0.6 is 0 Å². The van der Waals surface area contributed by atoms with E-state index in [0.29, 0.717) is 49.1 Å². The number of nitrogens with zero attached hydrogens (tertiary/aromatic N) is 1. The molecule has 1 fully saturated rings. The number of unbranched alkanes of at least 4 members (excludes halogenated alkanes) is 1. The molecule has 2 heterocycles. The van der Waals surface area contributed by atoms with Gasteiger partial charge < -0.3 is 19.1 Å². The molecule has 1 amide bonds. The average molecular weight is 389 g/mol. The number of carbonyl (C=O) groups excluding carboxylic acids is 2. The summed E-state index contributed by atoms with van der Waals surface area (Å²) < 4.78 is 17.0. The van der Waals surface area contributed by atoms with E-state index in [4.69, 9.17) is 14.2 Å². The summed E-state index contributed by atoms with van der Waals surface area (Å²) in [5.74, 6) is 1.64. The van der Waals surface area contributed by atoms with Gasteiger partial charge in [0.25, 0.3) is 0 Å². The summed E-state index contributed by atoms with van der Waals surface area (Å²) in [5, 5.41) is 0. The van der Waals surface area contributed by atoms with Crippen LogP contribution < -0.4 is 9.47 Å². The molecule has 0 saturated carbocycles. The fourth-order valence-electron chi connectivity index (χ4n) is 4.01. The van der Waals surface area contributed by atoms with E-state index in [-0.39, 0.29) is 18.3 Å². The lowest BCUT2D eigenvalue weighted by atomic mass is 9.89. The van der Waals surface area contributed by atoms with Gasteiger partial charge >= 0.3 is 6.09 Å². The predicted octanol–water partition coefficient (Wildman–Crippen LogP) is 4.46. The van der Waals surface area contributed by atoms with Gasteiger partial charge in [0, 0.05) is 13.0 Å². The van der Waals surface area contributed by atoms with E-state index in [1.165, 1.54) is 0 Å². The molecular formula is C22H31NO5. The van der Waals surface area contributed by atoms with Crippen molar-refractivity contribution in [3.63, 3.8) is 0 Å². The molecule has 2 unspecified atom stereocenters. The largest absolute Gasteiger partial charge is 0.497 e. The first kappa shape index (κ1) is 20.5. The smallest absolute Gasteiger partial charge is 0.409 e. The quantitative estimate of drug-likeness (QED) is 0.689. The summed E-state index contributed by atoms with van der Waals surface area (Å²) in [4.78, 5) is 26.9. The van der Waals surface area contributed by atoms with E-state index in [9.17, 15) is 9.59 Å². The number of Topliss-reactive ketones (excluding diaryl/α,β-unsaturated/α-hetero) is 1. The SMILES string of the molecule is CCCCC(CC)COC(=O)N1CCC2(CC(=O)c3cc(OC)ccc3O2)C1. The first-order valence-corrected chi connectivity index (χ1v) is 10.3. The molecule has 0 aromatic heterocycles. The molecule has 1 aromatic carbocycles. The van der Waals surface area contributed by atoms with E-state index < -0.39 is 5.60 Å². The first-order chi connectivity index (χ1) is 13.5. The molecule has 6 nitrogen and oxygen atoms in total. The third kappa shape index (κ3) is 4.42. The molecule has 0 radical (unpaired) electrons. The summed E-state index contributed by atoms with van der Waals surface area (Å²) in [7, 11) is 1.57. The monoisotopic (exact) mass is 389 g/mol. The van der Waals surface area contributed by atoms with E-state index in [1.54, 1.807) is 30.2 Å². The first-order valence-electron chi connectivity index (χ1n) is 10.3. The number of rotatable bonds is 7. The highest BCUT2D eigenvalue weighted by molar-refractivity contribution is 6.00. The summed E-state index contributed by atoms with van der Waals surface area (Å²) in [6.45, 7) is 5.69. The van der Waals surface area contributed by atoms with Gasteiger partial charge in [0.2, 0.25) is 0 Å². The molecule has 2 aliphatic rings. The molecule has 2 atom stereocenters. The highest BCUT2D eigenvalue weighted by Gasteiger charge is 2.47. The molecule has 0 aliphatic carbocycles. The van der Waals surface area contributed by atoms with E-state index >= 15 is 0 Å². The Bertz CT molecular complexity index is 719. The number of ether oxygens (including phenoxy) is 3. The molecule has 0 bridgehead atoms. The Kier molecular flexibility index (Phi) is 6.47. The Hall–Kier alpha value is -2.24. The van der Waals surface area contributed by atoms with Gasteiger partial charge in [0.15, 0.2) is 5.78 Å². The third-order valence-corrected chi connectivity index (χ3v) is 5.86. The number of benzene rings is 1. The number of hydrogen-bond donors (Lipinski definition) is 0. The minimum Gasteiger partial charge on any atom is -0.497 e. The molecule has 1 aromatic rings. The van der Waals surface area contributed by atoms with Crippen molar-refractivity contribution in [2.75, 3.05) is 26.8 Å². The highest BCUT2D eigenvalue weighted by Crippen LogP contribution is 2.40. The van der Waals surface area contributed by atoms with E-state index in [2.05, 4.69) is 13.8 Å². The van der Waals surface area contributed by atoms with Crippen molar-refractivity contribution >= 4 is 11.9 Å². The molecule has 3 rings (SSSR count). The number of hydrogen-bond acceptors (Lipinski definition) is 5. The van der Waals surface area contributed by atoms with Gasteiger partial charge in [-0.2, -0.15) is 0 Å². The van der Waals surface area contributed by atoms with Gasteiger partial charge in [-0.25, -0.2) is 4.79 Å². The fourth-order valence-corrected chi connectivity index (χ4v) is 4.01. The molecule has 1 spiro atoms. The van der Waals surface area contributed by atoms with Gasteiger partial charge in [-0.3, -0.25) is 4.79 Å². The lowest BCUT2D eigenvalue weighted by Gasteiger charge is -2.34. The van der Waals surface area contributed by atoms with Crippen molar-refractivity contribution in [3.05, 3.63) is 23.8 Å². The summed E-state index contributed by atoms with van der Waals surface area (Å²) in [5.41, 5.74) is -0.0999. The molecule has 0 N–H and O–H groups in total. The van der Waals surface area contributed by atoms with Crippen LogP contribution in [0.1, 0.15) is 62.7 Å². The van der Waals surface area contributed by atoms with Crippen molar-refractivity contribution in [1.82, 2.24) is 4.90 Å². The zero-order chi connectivity index (χ0) is 20.1. The molecule has 2 aliphatic heterocycles. The number of carbonyl (C=O) groups is 2. The van der Waals surface area contributed by atoms with Crippen LogP contribution in [0.3, 0.4) is 0 Å². The molecule has 1 saturated heterocycles. The van der Waals surface area contributed by atoms with Gasteiger partial charge in [0.05, 0.1) is 32.2 Å². The standard InChI is InChI=1S/C22H31NO5/c1-4-6-7-16(5-2)14-27-21(25)23-11-10-22(15-23)13-19(24)18-12-17(26-3)8-9-20(18)28-22/h8-9,12,16H,4-7,10-11,13-15H2,1-3H3. The topological polar surface area (TPSA) is 65.1 Å². The maximum Gasteiger partial charge on any atom is 0.409 e. The number of methoxy groups -OCH3 is 1. The number of fused-ring (bicyclic) bond motifs is 1. The molecule has 154 valence electrons. The van der Waals surface area contributed by atoms with Gasteiger partial charge in [-0.1, -0.05) is 33.1 Å². The number of likely N-dealkylation sites (tertiary alicyclic amines) is 1. The number of amides is 1. The van der Waals surface area contributed by atoms with Crippen LogP contribution in [0.4, 0.5) is 4.79 Å². The predicted molar refractivity (Wildman–Crippen MR) is 106 cm³/mol. The highest BCUT2D eigenvalue weighted by atomic mass is 16.6. The van der Waals surface area contributed by atoms with E-state index in [0.717, 1.165) is 25.7 Å². The van der Waals surface area contributed by atoms with Crippen LogP contribution in [0.25, 0.3) is 0 Å². The summed E-state index contributed by atoms with van der Waals surface area (Å²) in [6, 6.07) is 5.27. The minimum absolute atomic E-state index is 0.0287. The van der Waals surface area contributed by atoms with Crippen LogP contribution in [-0.2, 0) is 4.74 Å². The van der Waals surface area contributed by atoms with Gasteiger partial charge in [-0.05, 0) is 30.5 Å². The lowest BCUT2D eigenvalue weighted by Crippen LogP contribution is -2.45.